The number of para-hydroxylation sites is 1. The maximum atomic E-state index is 13.3. The first-order chi connectivity index (χ1) is 11.0. The lowest BCUT2D eigenvalue weighted by Crippen LogP contribution is -2.41. The van der Waals surface area contributed by atoms with Crippen LogP contribution in [0.25, 0.3) is 0 Å². The summed E-state index contributed by atoms with van der Waals surface area (Å²) in [4.78, 5) is 26.8. The summed E-state index contributed by atoms with van der Waals surface area (Å²) in [5.74, 6) is -0.571. The zero-order valence-electron chi connectivity index (χ0n) is 12.5. The molecule has 0 atom stereocenters. The number of fused-ring (bicyclic) bond motifs is 1. The number of rotatable bonds is 3. The molecular weight excluding hydrogens is 315 g/mol. The number of hydrogen-bond donors (Lipinski definition) is 1. The van der Waals surface area contributed by atoms with Crippen LogP contribution >= 0.6 is 11.8 Å². The van der Waals surface area contributed by atoms with Crippen LogP contribution in [0.5, 0.6) is 0 Å². The molecule has 0 aliphatic carbocycles. The highest BCUT2D eigenvalue weighted by molar-refractivity contribution is 8.00. The molecule has 0 aromatic heterocycles. The Kier molecular flexibility index (Phi) is 4.34. The molecule has 0 unspecified atom stereocenters. The molecule has 0 bridgehead atoms. The van der Waals surface area contributed by atoms with Crippen molar-refractivity contribution in [1.29, 1.82) is 0 Å². The van der Waals surface area contributed by atoms with E-state index in [4.69, 9.17) is 0 Å². The highest BCUT2D eigenvalue weighted by Crippen LogP contribution is 2.34. The molecule has 2 aromatic carbocycles. The van der Waals surface area contributed by atoms with Crippen LogP contribution in [0.3, 0.4) is 0 Å². The minimum Gasteiger partial charge on any atom is -0.324 e. The van der Waals surface area contributed by atoms with Crippen LogP contribution in [-0.2, 0) is 9.59 Å². The summed E-state index contributed by atoms with van der Waals surface area (Å²) in [6, 6.07) is 11.7. The lowest BCUT2D eigenvalue weighted by Gasteiger charge is -2.28. The van der Waals surface area contributed by atoms with Gasteiger partial charge in [0.1, 0.15) is 12.4 Å². The number of thioether (sulfide) groups is 1. The van der Waals surface area contributed by atoms with E-state index in [1.54, 1.807) is 13.0 Å². The van der Waals surface area contributed by atoms with Gasteiger partial charge < -0.3 is 10.2 Å². The zero-order valence-corrected chi connectivity index (χ0v) is 13.3. The van der Waals surface area contributed by atoms with Crippen molar-refractivity contribution >= 4 is 35.0 Å². The highest BCUT2D eigenvalue weighted by Gasteiger charge is 2.26. The van der Waals surface area contributed by atoms with Crippen LogP contribution in [0.1, 0.15) is 5.56 Å². The predicted octanol–water partition coefficient (Wildman–Crippen LogP) is 3.21. The van der Waals surface area contributed by atoms with E-state index in [0.29, 0.717) is 11.4 Å². The predicted molar refractivity (Wildman–Crippen MR) is 89.3 cm³/mol. The molecule has 1 N–H and O–H groups in total. The molecule has 0 fully saturated rings. The fourth-order valence-electron chi connectivity index (χ4n) is 2.39. The zero-order chi connectivity index (χ0) is 16.4. The van der Waals surface area contributed by atoms with Crippen LogP contribution in [0.15, 0.2) is 47.4 Å². The normalized spacial score (nSPS) is 13.7. The van der Waals surface area contributed by atoms with Gasteiger partial charge in [0.2, 0.25) is 11.8 Å². The minimum absolute atomic E-state index is 0.0909. The van der Waals surface area contributed by atoms with Gasteiger partial charge in [-0.1, -0.05) is 18.2 Å². The number of halogens is 1. The third-order valence-electron chi connectivity index (χ3n) is 3.58. The first-order valence-electron chi connectivity index (χ1n) is 7.13. The number of nitrogens with zero attached hydrogens (tertiary/aromatic N) is 1. The topological polar surface area (TPSA) is 49.4 Å². The molecule has 2 aromatic rings. The first kappa shape index (κ1) is 15.6. The molecule has 6 heteroatoms. The van der Waals surface area contributed by atoms with Gasteiger partial charge in [0.25, 0.3) is 0 Å². The number of aryl methyl sites for hydroxylation is 1. The summed E-state index contributed by atoms with van der Waals surface area (Å²) in [7, 11) is 0. The Balaban J connectivity index is 1.78. The Morgan fingerprint density at radius 2 is 2.09 bits per heavy atom. The molecule has 1 aliphatic heterocycles. The Morgan fingerprint density at radius 3 is 2.91 bits per heavy atom. The maximum absolute atomic E-state index is 13.3. The quantitative estimate of drug-likeness (QED) is 0.940. The number of nitrogens with one attached hydrogen (secondary N) is 1. The molecule has 3 rings (SSSR count). The fourth-order valence-corrected chi connectivity index (χ4v) is 3.33. The van der Waals surface area contributed by atoms with Gasteiger partial charge in [0.15, 0.2) is 0 Å². The smallest absolute Gasteiger partial charge is 0.244 e. The van der Waals surface area contributed by atoms with Crippen LogP contribution < -0.4 is 10.2 Å². The second-order valence-electron chi connectivity index (χ2n) is 5.24. The molecule has 1 heterocycles. The molecule has 0 spiro atoms. The van der Waals surface area contributed by atoms with Gasteiger partial charge in [-0.05, 0) is 36.8 Å². The van der Waals surface area contributed by atoms with Crippen molar-refractivity contribution in [2.75, 3.05) is 22.5 Å². The molecule has 118 valence electrons. The molecule has 1 aliphatic rings. The summed E-state index contributed by atoms with van der Waals surface area (Å²) in [6.07, 6.45) is 0. The van der Waals surface area contributed by atoms with Gasteiger partial charge in [0, 0.05) is 10.6 Å². The van der Waals surface area contributed by atoms with Crippen LogP contribution in [-0.4, -0.2) is 24.1 Å². The van der Waals surface area contributed by atoms with Crippen molar-refractivity contribution in [1.82, 2.24) is 0 Å². The monoisotopic (exact) mass is 330 g/mol. The number of amides is 2. The van der Waals surface area contributed by atoms with Gasteiger partial charge >= 0.3 is 0 Å². The Bertz CT molecular complexity index is 779. The Hall–Kier alpha value is -2.34. The standard InChI is InChI=1S/C17H15FN2O2S/c1-11-6-7-12(18)8-13(11)19-16(21)9-20-14-4-2-3-5-15(14)23-10-17(20)22/h2-8H,9-10H2,1H3,(H,19,21). The van der Waals surface area contributed by atoms with Crippen molar-refractivity contribution in [3.05, 3.63) is 53.8 Å². The SMILES string of the molecule is Cc1ccc(F)cc1NC(=O)CN1C(=O)CSc2ccccc21. The molecule has 0 saturated carbocycles. The van der Waals surface area contributed by atoms with Crippen LogP contribution in [0.4, 0.5) is 15.8 Å². The third kappa shape index (κ3) is 3.37. The average Bonchev–Trinajstić information content (AvgIpc) is 2.54. The second kappa shape index (κ2) is 6.42. The van der Waals surface area contributed by atoms with E-state index >= 15 is 0 Å². The van der Waals surface area contributed by atoms with Gasteiger partial charge in [-0.2, -0.15) is 0 Å². The average molecular weight is 330 g/mol. The first-order valence-corrected chi connectivity index (χ1v) is 8.11. The van der Waals surface area contributed by atoms with Crippen LogP contribution in [0, 0.1) is 12.7 Å². The van der Waals surface area contributed by atoms with E-state index < -0.39 is 5.82 Å². The molecule has 23 heavy (non-hydrogen) atoms. The van der Waals surface area contributed by atoms with Gasteiger partial charge in [0.05, 0.1) is 11.4 Å². The summed E-state index contributed by atoms with van der Waals surface area (Å²) in [6.45, 7) is 1.69. The van der Waals surface area contributed by atoms with E-state index in [1.165, 1.54) is 28.8 Å². The maximum Gasteiger partial charge on any atom is 0.244 e. The van der Waals surface area contributed by atoms with E-state index in [1.807, 2.05) is 24.3 Å². The summed E-state index contributed by atoms with van der Waals surface area (Å²) < 4.78 is 13.3. The van der Waals surface area contributed by atoms with Gasteiger partial charge in [-0.25, -0.2) is 4.39 Å². The van der Waals surface area contributed by atoms with Crippen LogP contribution in [0.2, 0.25) is 0 Å². The molecular formula is C17H15FN2O2S. The largest absolute Gasteiger partial charge is 0.324 e. The molecule has 4 nitrogen and oxygen atoms in total. The molecule has 0 saturated heterocycles. The Labute approximate surface area is 137 Å². The van der Waals surface area contributed by atoms with Crippen molar-refractivity contribution in [3.63, 3.8) is 0 Å². The van der Waals surface area contributed by atoms with Crippen molar-refractivity contribution < 1.29 is 14.0 Å². The van der Waals surface area contributed by atoms with Crippen molar-refractivity contribution in [2.45, 2.75) is 11.8 Å². The number of benzene rings is 2. The molecule has 2 amide bonds. The number of hydrogen-bond acceptors (Lipinski definition) is 3. The van der Waals surface area contributed by atoms with E-state index in [0.717, 1.165) is 16.1 Å². The van der Waals surface area contributed by atoms with Crippen molar-refractivity contribution in [2.24, 2.45) is 0 Å². The lowest BCUT2D eigenvalue weighted by molar-refractivity contribution is -0.120. The van der Waals surface area contributed by atoms with Crippen molar-refractivity contribution in [3.8, 4) is 0 Å². The highest BCUT2D eigenvalue weighted by atomic mass is 32.2. The summed E-state index contributed by atoms with van der Waals surface area (Å²) in [5.41, 5.74) is 1.92. The minimum atomic E-state index is -0.415. The third-order valence-corrected chi connectivity index (χ3v) is 4.63. The summed E-state index contributed by atoms with van der Waals surface area (Å²) >= 11 is 1.46. The molecule has 0 radical (unpaired) electrons. The second-order valence-corrected chi connectivity index (χ2v) is 6.26. The van der Waals surface area contributed by atoms with Gasteiger partial charge in [-0.15, -0.1) is 11.8 Å². The number of carbonyl (C=O) groups is 2. The van der Waals surface area contributed by atoms with E-state index in [-0.39, 0.29) is 18.4 Å². The number of carbonyl (C=O) groups excluding carboxylic acids is 2. The van der Waals surface area contributed by atoms with Gasteiger partial charge in [-0.3, -0.25) is 9.59 Å². The van der Waals surface area contributed by atoms with E-state index in [9.17, 15) is 14.0 Å². The fraction of sp³-hybridized carbons (Fsp3) is 0.176. The lowest BCUT2D eigenvalue weighted by atomic mass is 10.2. The van der Waals surface area contributed by atoms with E-state index in [2.05, 4.69) is 5.32 Å². The summed E-state index contributed by atoms with van der Waals surface area (Å²) in [5, 5.41) is 2.67. The number of anilines is 2. The Morgan fingerprint density at radius 1 is 1.30 bits per heavy atom.